The SMILES string of the molecule is CCN1CCC[C@@H](CN(C)C(=O)CC2=CCCCC2)[C@@H]1c1cnn(C)c1. The second kappa shape index (κ2) is 8.85. The van der Waals surface area contributed by atoms with Gasteiger partial charge in [-0.05, 0) is 57.5 Å². The van der Waals surface area contributed by atoms with E-state index in [1.807, 2.05) is 29.9 Å². The first kappa shape index (κ1) is 19.2. The molecule has 1 aromatic rings. The molecule has 2 heterocycles. The molecule has 0 unspecified atom stereocenters. The second-order valence-corrected chi connectivity index (χ2v) is 7.98. The molecule has 0 spiro atoms. The van der Waals surface area contributed by atoms with Crippen LogP contribution in [0.5, 0.6) is 0 Å². The molecule has 3 rings (SSSR count). The summed E-state index contributed by atoms with van der Waals surface area (Å²) in [7, 11) is 3.96. The van der Waals surface area contributed by atoms with Crippen LogP contribution in [-0.4, -0.2) is 52.2 Å². The molecule has 2 aliphatic rings. The topological polar surface area (TPSA) is 41.4 Å². The fraction of sp³-hybridized carbons (Fsp3) is 0.714. The lowest BCUT2D eigenvalue weighted by molar-refractivity contribution is -0.130. The first-order chi connectivity index (χ1) is 12.6. The van der Waals surface area contributed by atoms with Crippen LogP contribution >= 0.6 is 0 Å². The van der Waals surface area contributed by atoms with E-state index in [9.17, 15) is 4.79 Å². The molecule has 2 atom stereocenters. The normalized spacial score (nSPS) is 24.3. The molecule has 0 aromatic carbocycles. The van der Waals surface area contributed by atoms with Crippen molar-refractivity contribution in [3.05, 3.63) is 29.6 Å². The van der Waals surface area contributed by atoms with Gasteiger partial charge in [-0.3, -0.25) is 14.4 Å². The molecule has 1 saturated heterocycles. The standard InChI is InChI=1S/C21H34N4O/c1-4-25-12-8-11-18(21(25)19-14-22-24(3)16-19)15-23(2)20(26)13-17-9-6-5-7-10-17/h9,14,16,18,21H,4-8,10-13,15H2,1-3H3/t18-,21+/m0/s1. The maximum Gasteiger partial charge on any atom is 0.226 e. The van der Waals surface area contributed by atoms with Crippen LogP contribution in [0, 0.1) is 5.92 Å². The van der Waals surface area contributed by atoms with E-state index in [2.05, 4.69) is 29.2 Å². The molecular formula is C21H34N4O. The van der Waals surface area contributed by atoms with Crippen molar-refractivity contribution in [3.63, 3.8) is 0 Å². The Balaban J connectivity index is 1.67. The van der Waals surface area contributed by atoms with Crippen LogP contribution < -0.4 is 0 Å². The molecule has 0 bridgehead atoms. The Kier molecular flexibility index (Phi) is 6.52. The van der Waals surface area contributed by atoms with Crippen molar-refractivity contribution >= 4 is 5.91 Å². The summed E-state index contributed by atoms with van der Waals surface area (Å²) in [5.41, 5.74) is 2.63. The smallest absolute Gasteiger partial charge is 0.226 e. The second-order valence-electron chi connectivity index (χ2n) is 7.98. The number of likely N-dealkylation sites (tertiary alicyclic amines) is 1. The number of hydrogen-bond donors (Lipinski definition) is 0. The van der Waals surface area contributed by atoms with Crippen LogP contribution in [0.4, 0.5) is 0 Å². The predicted molar refractivity (Wildman–Crippen MR) is 105 cm³/mol. The molecule has 5 heteroatoms. The van der Waals surface area contributed by atoms with Gasteiger partial charge in [0.2, 0.25) is 5.91 Å². The summed E-state index contributed by atoms with van der Waals surface area (Å²) in [5, 5.41) is 4.39. The molecule has 26 heavy (non-hydrogen) atoms. The van der Waals surface area contributed by atoms with E-state index < -0.39 is 0 Å². The van der Waals surface area contributed by atoms with Gasteiger partial charge in [0, 0.05) is 44.9 Å². The molecule has 0 N–H and O–H groups in total. The number of hydrogen-bond acceptors (Lipinski definition) is 3. The van der Waals surface area contributed by atoms with Gasteiger partial charge in [-0.15, -0.1) is 0 Å². The number of allylic oxidation sites excluding steroid dienone is 1. The largest absolute Gasteiger partial charge is 0.345 e. The third-order valence-electron chi connectivity index (χ3n) is 6.03. The van der Waals surface area contributed by atoms with Crippen LogP contribution in [0.15, 0.2) is 24.0 Å². The zero-order valence-electron chi connectivity index (χ0n) is 16.7. The number of amides is 1. The van der Waals surface area contributed by atoms with Gasteiger partial charge >= 0.3 is 0 Å². The molecule has 0 radical (unpaired) electrons. The van der Waals surface area contributed by atoms with Gasteiger partial charge in [0.1, 0.15) is 0 Å². The predicted octanol–water partition coefficient (Wildman–Crippen LogP) is 3.54. The van der Waals surface area contributed by atoms with E-state index in [4.69, 9.17) is 0 Å². The summed E-state index contributed by atoms with van der Waals surface area (Å²) in [6.45, 7) is 5.25. The fourth-order valence-electron chi connectivity index (χ4n) is 4.62. The summed E-state index contributed by atoms with van der Waals surface area (Å²) in [6, 6.07) is 0.367. The van der Waals surface area contributed by atoms with E-state index in [1.54, 1.807) is 0 Å². The van der Waals surface area contributed by atoms with Gasteiger partial charge < -0.3 is 4.90 Å². The average Bonchev–Trinajstić information content (AvgIpc) is 3.08. The molecule has 1 aromatic heterocycles. The van der Waals surface area contributed by atoms with Crippen LogP contribution in [0.3, 0.4) is 0 Å². The minimum atomic E-state index is 0.275. The van der Waals surface area contributed by atoms with Crippen molar-refractivity contribution in [2.75, 3.05) is 26.7 Å². The summed E-state index contributed by atoms with van der Waals surface area (Å²) in [6.07, 6.45) is 14.2. The average molecular weight is 359 g/mol. The van der Waals surface area contributed by atoms with Crippen LogP contribution in [-0.2, 0) is 11.8 Å². The van der Waals surface area contributed by atoms with Gasteiger partial charge in [0.25, 0.3) is 0 Å². The third-order valence-corrected chi connectivity index (χ3v) is 6.03. The molecule has 1 amide bonds. The Bertz CT molecular complexity index is 636. The maximum absolute atomic E-state index is 12.7. The lowest BCUT2D eigenvalue weighted by atomic mass is 9.85. The number of piperidine rings is 1. The zero-order chi connectivity index (χ0) is 18.5. The molecule has 1 aliphatic carbocycles. The monoisotopic (exact) mass is 358 g/mol. The Morgan fingerprint density at radius 3 is 2.85 bits per heavy atom. The summed E-state index contributed by atoms with van der Waals surface area (Å²) < 4.78 is 1.89. The van der Waals surface area contributed by atoms with Gasteiger partial charge in [0.05, 0.1) is 6.20 Å². The van der Waals surface area contributed by atoms with Gasteiger partial charge in [-0.2, -0.15) is 5.10 Å². The van der Waals surface area contributed by atoms with Crippen LogP contribution in [0.2, 0.25) is 0 Å². The highest BCUT2D eigenvalue weighted by Crippen LogP contribution is 2.36. The number of rotatable bonds is 6. The van der Waals surface area contributed by atoms with Gasteiger partial charge in [-0.25, -0.2) is 0 Å². The zero-order valence-corrected chi connectivity index (χ0v) is 16.7. The summed E-state index contributed by atoms with van der Waals surface area (Å²) in [4.78, 5) is 17.3. The number of aryl methyl sites for hydroxylation is 1. The third kappa shape index (κ3) is 4.56. The van der Waals surface area contributed by atoms with E-state index in [0.717, 1.165) is 32.5 Å². The Labute approximate surface area is 158 Å². The minimum Gasteiger partial charge on any atom is -0.345 e. The highest BCUT2D eigenvalue weighted by Gasteiger charge is 2.34. The molecular weight excluding hydrogens is 324 g/mol. The molecule has 0 saturated carbocycles. The minimum absolute atomic E-state index is 0.275. The van der Waals surface area contributed by atoms with E-state index in [0.29, 0.717) is 18.4 Å². The van der Waals surface area contributed by atoms with E-state index in [1.165, 1.54) is 36.8 Å². The van der Waals surface area contributed by atoms with Crippen LogP contribution in [0.1, 0.15) is 63.5 Å². The van der Waals surface area contributed by atoms with Gasteiger partial charge in [-0.1, -0.05) is 18.6 Å². The number of aromatic nitrogens is 2. The highest BCUT2D eigenvalue weighted by molar-refractivity contribution is 5.78. The van der Waals surface area contributed by atoms with Crippen molar-refractivity contribution in [2.45, 2.75) is 57.9 Å². The lowest BCUT2D eigenvalue weighted by Crippen LogP contribution is -2.43. The van der Waals surface area contributed by atoms with Crippen molar-refractivity contribution < 1.29 is 4.79 Å². The van der Waals surface area contributed by atoms with Crippen LogP contribution in [0.25, 0.3) is 0 Å². The number of carbonyl (C=O) groups excluding carboxylic acids is 1. The van der Waals surface area contributed by atoms with E-state index in [-0.39, 0.29) is 5.91 Å². The van der Waals surface area contributed by atoms with Gasteiger partial charge in [0.15, 0.2) is 0 Å². The van der Waals surface area contributed by atoms with Crippen molar-refractivity contribution in [2.24, 2.45) is 13.0 Å². The van der Waals surface area contributed by atoms with Crippen molar-refractivity contribution in [1.29, 1.82) is 0 Å². The molecule has 1 aliphatic heterocycles. The molecule has 144 valence electrons. The summed E-state index contributed by atoms with van der Waals surface area (Å²) >= 11 is 0. The maximum atomic E-state index is 12.7. The van der Waals surface area contributed by atoms with Crippen molar-refractivity contribution in [3.8, 4) is 0 Å². The molecule has 1 fully saturated rings. The highest BCUT2D eigenvalue weighted by atomic mass is 16.2. The fourth-order valence-corrected chi connectivity index (χ4v) is 4.62. The Hall–Kier alpha value is -1.62. The first-order valence-electron chi connectivity index (χ1n) is 10.2. The quantitative estimate of drug-likeness (QED) is 0.731. The number of nitrogens with zero attached hydrogens (tertiary/aromatic N) is 4. The molecule has 5 nitrogen and oxygen atoms in total. The van der Waals surface area contributed by atoms with Crippen molar-refractivity contribution in [1.82, 2.24) is 19.6 Å². The lowest BCUT2D eigenvalue weighted by Gasteiger charge is -2.42. The Morgan fingerprint density at radius 1 is 1.35 bits per heavy atom. The Morgan fingerprint density at radius 2 is 2.19 bits per heavy atom. The summed E-state index contributed by atoms with van der Waals surface area (Å²) in [5.74, 6) is 0.749. The first-order valence-corrected chi connectivity index (χ1v) is 10.2. The number of carbonyl (C=O) groups is 1. The van der Waals surface area contributed by atoms with E-state index >= 15 is 0 Å².